The average Bonchev–Trinajstić information content (AvgIpc) is 3.85. The number of anilines is 2. The van der Waals surface area contributed by atoms with E-state index in [4.69, 9.17) is 23.2 Å². The second-order valence-corrected chi connectivity index (χ2v) is 18.5. The zero-order valence-corrected chi connectivity index (χ0v) is 37.2. The maximum Gasteiger partial charge on any atom is 0.242 e. The van der Waals surface area contributed by atoms with E-state index in [0.29, 0.717) is 38.1 Å². The van der Waals surface area contributed by atoms with Gasteiger partial charge in [-0.05, 0) is 86.5 Å². The summed E-state index contributed by atoms with van der Waals surface area (Å²) in [5.74, 6) is -2.89. The number of amides is 2. The highest BCUT2D eigenvalue weighted by atomic mass is 35.5. The van der Waals surface area contributed by atoms with Gasteiger partial charge in [0, 0.05) is 33.4 Å². The summed E-state index contributed by atoms with van der Waals surface area (Å²) < 4.78 is 0. The average molecular weight is 902 g/mol. The third-order valence-corrected chi connectivity index (χ3v) is 14.6. The number of carbonyl (C=O) groups is 3. The van der Waals surface area contributed by atoms with Gasteiger partial charge >= 0.3 is 0 Å². The van der Waals surface area contributed by atoms with Crippen LogP contribution in [0.1, 0.15) is 44.6 Å². The number of nitrogens with zero attached hydrogens (tertiary/aromatic N) is 2. The first-order chi connectivity index (χ1) is 32.1. The van der Waals surface area contributed by atoms with Crippen LogP contribution in [0.3, 0.4) is 0 Å². The fourth-order valence-corrected chi connectivity index (χ4v) is 11.6. The van der Waals surface area contributed by atoms with Gasteiger partial charge in [-0.2, -0.15) is 0 Å². The van der Waals surface area contributed by atoms with Crippen molar-refractivity contribution in [2.75, 3.05) is 9.80 Å². The highest BCUT2D eigenvalue weighted by Crippen LogP contribution is 2.72. The first-order valence-corrected chi connectivity index (χ1v) is 22.8. The number of hydrogen-bond donors (Lipinski definition) is 1. The standard InChI is InChI=1S/C58H42Cl2N2O4/c59-46-29-31-50-48(33-46)56(54(64)61(50)35-38-13-5-1-6-14-38)37-57(66,45-27-25-43(26-28-45)41-19-11-4-12-20-41)58(53(56)52(63)44-23-21-42(22-24-44)40-17-9-3-10-18-40)49-34-47(60)30-32-51(49)62(55(58)65)36-39-15-7-2-8-16-39/h1-34,53,66H,35-37H2/t53-,56-,57+,58+/m1/s1. The molecule has 322 valence electrons. The number of benzene rings is 8. The van der Waals surface area contributed by atoms with Crippen LogP contribution in [0.4, 0.5) is 11.4 Å². The number of halogens is 2. The van der Waals surface area contributed by atoms with E-state index in [0.717, 1.165) is 33.4 Å². The normalized spacial score (nSPS) is 21.7. The second-order valence-electron chi connectivity index (χ2n) is 17.6. The van der Waals surface area contributed by atoms with E-state index < -0.39 is 39.9 Å². The Morgan fingerprint density at radius 3 is 1.45 bits per heavy atom. The van der Waals surface area contributed by atoms with Crippen molar-refractivity contribution >= 4 is 52.2 Å². The van der Waals surface area contributed by atoms with Crippen molar-refractivity contribution < 1.29 is 19.5 Å². The molecule has 11 rings (SSSR count). The molecule has 3 aliphatic rings. The van der Waals surface area contributed by atoms with Crippen LogP contribution >= 0.6 is 23.2 Å². The van der Waals surface area contributed by atoms with Crippen LogP contribution in [-0.4, -0.2) is 22.7 Å². The lowest BCUT2D eigenvalue weighted by Crippen LogP contribution is -2.59. The Morgan fingerprint density at radius 1 is 0.515 bits per heavy atom. The molecule has 4 atom stereocenters. The number of hydrogen-bond acceptors (Lipinski definition) is 4. The number of rotatable bonds is 9. The number of fused-ring (bicyclic) bond motifs is 4. The fraction of sp³-hybridized carbons (Fsp3) is 0.121. The molecular formula is C58H42Cl2N2O4. The summed E-state index contributed by atoms with van der Waals surface area (Å²) in [6.45, 7) is 0.311. The van der Waals surface area contributed by atoms with E-state index in [9.17, 15) is 5.11 Å². The van der Waals surface area contributed by atoms with Crippen LogP contribution in [0, 0.1) is 5.92 Å². The highest BCUT2D eigenvalue weighted by Gasteiger charge is 2.82. The lowest BCUT2D eigenvalue weighted by molar-refractivity contribution is -0.135. The third kappa shape index (κ3) is 6.31. The Morgan fingerprint density at radius 2 is 0.939 bits per heavy atom. The maximum atomic E-state index is 16.6. The number of ketones is 1. The molecule has 1 fully saturated rings. The summed E-state index contributed by atoms with van der Waals surface area (Å²) in [4.78, 5) is 52.7. The van der Waals surface area contributed by atoms with E-state index in [1.165, 1.54) is 0 Å². The quantitative estimate of drug-likeness (QED) is 0.146. The Bertz CT molecular complexity index is 3170. The van der Waals surface area contributed by atoms with Gasteiger partial charge in [-0.3, -0.25) is 14.4 Å². The molecule has 2 spiro atoms. The number of Topliss-reactive ketones (excluding diaryl/α,β-unsaturated/α-hetero) is 1. The molecule has 1 aliphatic carbocycles. The maximum absolute atomic E-state index is 16.6. The zero-order valence-electron chi connectivity index (χ0n) is 35.7. The molecule has 8 aromatic carbocycles. The number of carbonyl (C=O) groups excluding carboxylic acids is 3. The molecule has 66 heavy (non-hydrogen) atoms. The Labute approximate surface area is 393 Å². The van der Waals surface area contributed by atoms with Gasteiger partial charge in [0.2, 0.25) is 11.8 Å². The monoisotopic (exact) mass is 900 g/mol. The van der Waals surface area contributed by atoms with Crippen molar-refractivity contribution in [2.45, 2.75) is 35.9 Å². The summed E-state index contributed by atoms with van der Waals surface area (Å²) in [5.41, 5.74) is 1.89. The minimum absolute atomic E-state index is 0.134. The van der Waals surface area contributed by atoms with Crippen molar-refractivity contribution in [3.05, 3.63) is 250 Å². The largest absolute Gasteiger partial charge is 0.384 e. The SMILES string of the molecule is O=C(c1ccc(-c2ccccc2)cc1)[C@H]1[C@@]2(C(=O)N(Cc3ccccc3)c3ccc(Cl)cc32)[C@@](O)(c2ccc(-c3ccccc3)cc2)C[C@]12C(=O)N(Cc1ccccc1)c1ccc(Cl)cc12. The summed E-state index contributed by atoms with van der Waals surface area (Å²) in [5, 5.41) is 15.2. The van der Waals surface area contributed by atoms with Gasteiger partial charge < -0.3 is 14.9 Å². The molecule has 2 aliphatic heterocycles. The van der Waals surface area contributed by atoms with Crippen LogP contribution < -0.4 is 9.80 Å². The van der Waals surface area contributed by atoms with Crippen LogP contribution in [0.15, 0.2) is 206 Å². The first kappa shape index (κ1) is 41.6. The molecule has 1 N–H and O–H groups in total. The van der Waals surface area contributed by atoms with Gasteiger partial charge in [0.15, 0.2) is 5.78 Å². The lowest BCUT2D eigenvalue weighted by atomic mass is 9.58. The summed E-state index contributed by atoms with van der Waals surface area (Å²) in [6, 6.07) is 64.3. The molecule has 6 nitrogen and oxygen atoms in total. The van der Waals surface area contributed by atoms with E-state index in [2.05, 4.69) is 0 Å². The third-order valence-electron chi connectivity index (χ3n) is 14.1. The summed E-state index contributed by atoms with van der Waals surface area (Å²) in [7, 11) is 0. The fourth-order valence-electron chi connectivity index (χ4n) is 11.2. The van der Waals surface area contributed by atoms with E-state index >= 15 is 14.4 Å². The van der Waals surface area contributed by atoms with Crippen LogP contribution in [0.5, 0.6) is 0 Å². The molecule has 2 amide bonds. The summed E-state index contributed by atoms with van der Waals surface area (Å²) in [6.07, 6.45) is -0.322. The lowest BCUT2D eigenvalue weighted by Gasteiger charge is -2.42. The molecule has 0 saturated heterocycles. The van der Waals surface area contributed by atoms with Gasteiger partial charge in [0.05, 0.1) is 24.4 Å². The minimum atomic E-state index is -2.19. The minimum Gasteiger partial charge on any atom is -0.384 e. The van der Waals surface area contributed by atoms with Gasteiger partial charge in [0.25, 0.3) is 0 Å². The predicted octanol–water partition coefficient (Wildman–Crippen LogP) is 12.4. The van der Waals surface area contributed by atoms with E-state index in [1.807, 2.05) is 164 Å². The van der Waals surface area contributed by atoms with Crippen LogP contribution in [0.2, 0.25) is 10.0 Å². The van der Waals surface area contributed by atoms with Crippen molar-refractivity contribution in [2.24, 2.45) is 5.92 Å². The van der Waals surface area contributed by atoms with Crippen molar-refractivity contribution in [3.8, 4) is 22.3 Å². The number of aliphatic hydroxyl groups is 1. The van der Waals surface area contributed by atoms with Gasteiger partial charge in [-0.15, -0.1) is 0 Å². The molecule has 0 aromatic heterocycles. The Kier molecular flexibility index (Phi) is 10.2. The molecule has 0 bridgehead atoms. The van der Waals surface area contributed by atoms with Gasteiger partial charge in [-0.1, -0.05) is 193 Å². The van der Waals surface area contributed by atoms with Crippen LogP contribution in [0.25, 0.3) is 22.3 Å². The van der Waals surface area contributed by atoms with E-state index in [1.54, 1.807) is 52.3 Å². The van der Waals surface area contributed by atoms with Crippen molar-refractivity contribution in [1.82, 2.24) is 0 Å². The molecule has 0 radical (unpaired) electrons. The molecule has 8 heteroatoms. The molecule has 1 saturated carbocycles. The van der Waals surface area contributed by atoms with Gasteiger partial charge in [-0.25, -0.2) is 0 Å². The molecule has 0 unspecified atom stereocenters. The van der Waals surface area contributed by atoms with Crippen molar-refractivity contribution in [3.63, 3.8) is 0 Å². The Hall–Kier alpha value is -7.09. The second kappa shape index (κ2) is 16.1. The van der Waals surface area contributed by atoms with E-state index in [-0.39, 0.29) is 25.1 Å². The smallest absolute Gasteiger partial charge is 0.242 e. The Balaban J connectivity index is 1.21. The predicted molar refractivity (Wildman–Crippen MR) is 262 cm³/mol. The molecular weight excluding hydrogens is 860 g/mol. The first-order valence-electron chi connectivity index (χ1n) is 22.0. The topological polar surface area (TPSA) is 77.9 Å². The summed E-state index contributed by atoms with van der Waals surface area (Å²) >= 11 is 13.9. The zero-order chi connectivity index (χ0) is 45.2. The molecule has 2 heterocycles. The van der Waals surface area contributed by atoms with Gasteiger partial charge in [0.1, 0.15) is 11.0 Å². The molecule has 8 aromatic rings. The highest BCUT2D eigenvalue weighted by molar-refractivity contribution is 6.32. The van der Waals surface area contributed by atoms with Crippen LogP contribution in [-0.2, 0) is 39.1 Å². The van der Waals surface area contributed by atoms with Crippen molar-refractivity contribution in [1.29, 1.82) is 0 Å².